The highest BCUT2D eigenvalue weighted by molar-refractivity contribution is 5.79. The summed E-state index contributed by atoms with van der Waals surface area (Å²) in [6.45, 7) is 8.43. The normalized spacial score (nSPS) is 11.9. The number of esters is 1. The predicted molar refractivity (Wildman–Crippen MR) is 116 cm³/mol. The van der Waals surface area contributed by atoms with Gasteiger partial charge in [0.05, 0.1) is 12.0 Å². The summed E-state index contributed by atoms with van der Waals surface area (Å²) in [7, 11) is 0. The number of hydrogen-bond acceptors (Lipinski definition) is 7. The summed E-state index contributed by atoms with van der Waals surface area (Å²) in [5.41, 5.74) is 2.10. The van der Waals surface area contributed by atoms with Crippen molar-refractivity contribution >= 4 is 16.9 Å². The minimum absolute atomic E-state index is 0.0948. The maximum atomic E-state index is 12.8. The first-order valence-electron chi connectivity index (χ1n) is 10.1. The maximum Gasteiger partial charge on any atom is 0.347 e. The van der Waals surface area contributed by atoms with E-state index in [1.165, 1.54) is 6.26 Å². The van der Waals surface area contributed by atoms with E-state index in [2.05, 4.69) is 0 Å². The minimum atomic E-state index is -0.821. The number of benzene rings is 2. The molecule has 31 heavy (non-hydrogen) atoms. The second-order valence-electron chi connectivity index (χ2n) is 7.14. The highest BCUT2D eigenvalue weighted by Crippen LogP contribution is 2.25. The summed E-state index contributed by atoms with van der Waals surface area (Å²) in [4.78, 5) is 24.8. The van der Waals surface area contributed by atoms with Crippen molar-refractivity contribution in [2.24, 2.45) is 0 Å². The first-order chi connectivity index (χ1) is 14.9. The topological polar surface area (TPSA) is 84.2 Å². The molecule has 0 N–H and O–H groups in total. The minimum Gasteiger partial charge on any atom is -0.479 e. The smallest absolute Gasteiger partial charge is 0.347 e. The van der Waals surface area contributed by atoms with E-state index in [-0.39, 0.29) is 17.8 Å². The number of rotatable bonds is 9. The Balaban J connectivity index is 1.72. The van der Waals surface area contributed by atoms with Crippen LogP contribution in [0, 0.1) is 13.8 Å². The number of carbonyl (C=O) groups is 1. The van der Waals surface area contributed by atoms with E-state index in [0.717, 1.165) is 11.1 Å². The van der Waals surface area contributed by atoms with Crippen LogP contribution in [0.25, 0.3) is 11.0 Å². The summed E-state index contributed by atoms with van der Waals surface area (Å²) in [6, 6.07) is 10.5. The van der Waals surface area contributed by atoms with Crippen molar-refractivity contribution in [1.82, 2.24) is 0 Å². The van der Waals surface area contributed by atoms with Gasteiger partial charge in [0.2, 0.25) is 11.2 Å². The van der Waals surface area contributed by atoms with Crippen LogP contribution in [0.4, 0.5) is 0 Å². The van der Waals surface area contributed by atoms with Crippen LogP contribution < -0.4 is 14.9 Å². The highest BCUT2D eigenvalue weighted by Gasteiger charge is 2.17. The van der Waals surface area contributed by atoms with Crippen LogP contribution in [-0.4, -0.2) is 31.9 Å². The lowest BCUT2D eigenvalue weighted by atomic mass is 10.1. The molecule has 0 aliphatic heterocycles. The molecule has 1 atom stereocenters. The third-order valence-corrected chi connectivity index (χ3v) is 4.46. The van der Waals surface area contributed by atoms with Crippen LogP contribution in [0.1, 0.15) is 25.0 Å². The first kappa shape index (κ1) is 22.4. The fourth-order valence-electron chi connectivity index (χ4n) is 3.07. The molecular weight excluding hydrogens is 400 g/mol. The third kappa shape index (κ3) is 5.86. The van der Waals surface area contributed by atoms with Crippen molar-refractivity contribution in [2.75, 3.05) is 19.8 Å². The van der Waals surface area contributed by atoms with Crippen LogP contribution >= 0.6 is 0 Å². The average molecular weight is 426 g/mol. The van der Waals surface area contributed by atoms with E-state index in [0.29, 0.717) is 35.7 Å². The summed E-state index contributed by atoms with van der Waals surface area (Å²) < 4.78 is 27.2. The van der Waals surface area contributed by atoms with Gasteiger partial charge in [-0.3, -0.25) is 4.79 Å². The molecule has 0 fully saturated rings. The standard InChI is InChI=1S/C24H26O7/c1-5-27-8-9-28-24(26)17(4)30-18-6-7-20-21(13-18)29-14-22(23(20)25)31-19-11-15(2)10-16(3)12-19/h6-7,10-14,17H,5,8-9H2,1-4H3. The molecule has 0 saturated carbocycles. The average Bonchev–Trinajstić information content (AvgIpc) is 2.72. The number of carbonyl (C=O) groups excluding carboxylic acids is 1. The number of fused-ring (bicyclic) bond motifs is 1. The van der Waals surface area contributed by atoms with E-state index in [1.54, 1.807) is 25.1 Å². The predicted octanol–water partition coefficient (Wildman–Crippen LogP) is 4.55. The van der Waals surface area contributed by atoms with Crippen molar-refractivity contribution < 1.29 is 28.2 Å². The zero-order chi connectivity index (χ0) is 22.4. The van der Waals surface area contributed by atoms with Gasteiger partial charge in [0.15, 0.2) is 6.10 Å². The van der Waals surface area contributed by atoms with Crippen molar-refractivity contribution in [1.29, 1.82) is 0 Å². The lowest BCUT2D eigenvalue weighted by molar-refractivity contribution is -0.152. The SMILES string of the molecule is CCOCCOC(=O)C(C)Oc1ccc2c(=O)c(Oc3cc(C)cc(C)c3)coc2c1. The van der Waals surface area contributed by atoms with Crippen molar-refractivity contribution in [3.63, 3.8) is 0 Å². The van der Waals surface area contributed by atoms with Crippen LogP contribution in [0.3, 0.4) is 0 Å². The molecule has 1 aromatic heterocycles. The molecule has 1 unspecified atom stereocenters. The second-order valence-corrected chi connectivity index (χ2v) is 7.14. The van der Waals surface area contributed by atoms with Crippen LogP contribution in [-0.2, 0) is 14.3 Å². The summed E-state index contributed by atoms with van der Waals surface area (Å²) in [6.07, 6.45) is 0.454. The Kier molecular flexibility index (Phi) is 7.31. The fourth-order valence-corrected chi connectivity index (χ4v) is 3.07. The molecule has 7 heteroatoms. The molecule has 0 bridgehead atoms. The summed E-state index contributed by atoms with van der Waals surface area (Å²) in [5, 5.41) is 0.348. The largest absolute Gasteiger partial charge is 0.479 e. The molecule has 0 radical (unpaired) electrons. The van der Waals surface area contributed by atoms with E-state index < -0.39 is 12.1 Å². The number of hydrogen-bond donors (Lipinski definition) is 0. The Morgan fingerprint density at radius 3 is 2.48 bits per heavy atom. The van der Waals surface area contributed by atoms with Crippen LogP contribution in [0.5, 0.6) is 17.2 Å². The van der Waals surface area contributed by atoms with Gasteiger partial charge in [0.25, 0.3) is 0 Å². The molecule has 0 aliphatic carbocycles. The maximum absolute atomic E-state index is 12.8. The van der Waals surface area contributed by atoms with Crippen LogP contribution in [0.15, 0.2) is 51.9 Å². The molecule has 0 aliphatic rings. The third-order valence-electron chi connectivity index (χ3n) is 4.46. The molecule has 7 nitrogen and oxygen atoms in total. The summed E-state index contributed by atoms with van der Waals surface area (Å²) >= 11 is 0. The van der Waals surface area contributed by atoms with Gasteiger partial charge >= 0.3 is 5.97 Å². The molecule has 0 spiro atoms. The van der Waals surface area contributed by atoms with E-state index in [4.69, 9.17) is 23.4 Å². The van der Waals surface area contributed by atoms with Gasteiger partial charge < -0.3 is 23.4 Å². The Morgan fingerprint density at radius 1 is 1.03 bits per heavy atom. The van der Waals surface area contributed by atoms with Gasteiger partial charge in [-0.1, -0.05) is 6.07 Å². The van der Waals surface area contributed by atoms with Gasteiger partial charge in [-0.25, -0.2) is 4.79 Å². The Labute approximate surface area is 180 Å². The number of ether oxygens (including phenoxy) is 4. The zero-order valence-electron chi connectivity index (χ0n) is 18.1. The molecule has 3 rings (SSSR count). The van der Waals surface area contributed by atoms with Gasteiger partial charge in [-0.05, 0) is 63.1 Å². The molecule has 3 aromatic rings. The van der Waals surface area contributed by atoms with E-state index in [9.17, 15) is 9.59 Å². The Hall–Kier alpha value is -3.32. The molecule has 164 valence electrons. The molecule has 2 aromatic carbocycles. The molecule has 1 heterocycles. The van der Waals surface area contributed by atoms with Crippen LogP contribution in [0.2, 0.25) is 0 Å². The van der Waals surface area contributed by atoms with Gasteiger partial charge in [0.1, 0.15) is 30.0 Å². The highest BCUT2D eigenvalue weighted by atomic mass is 16.6. The molecule has 0 amide bonds. The Bertz CT molecular complexity index is 1100. The van der Waals surface area contributed by atoms with Gasteiger partial charge in [0, 0.05) is 12.7 Å². The lowest BCUT2D eigenvalue weighted by Crippen LogP contribution is -2.27. The zero-order valence-corrected chi connectivity index (χ0v) is 18.1. The summed E-state index contributed by atoms with van der Waals surface area (Å²) in [5.74, 6) is 0.546. The first-order valence-corrected chi connectivity index (χ1v) is 10.1. The lowest BCUT2D eigenvalue weighted by Gasteiger charge is -2.14. The quantitative estimate of drug-likeness (QED) is 0.367. The monoisotopic (exact) mass is 426 g/mol. The second kappa shape index (κ2) is 10.1. The van der Waals surface area contributed by atoms with E-state index in [1.807, 2.05) is 39.0 Å². The van der Waals surface area contributed by atoms with Crippen molar-refractivity contribution in [2.45, 2.75) is 33.8 Å². The van der Waals surface area contributed by atoms with Crippen molar-refractivity contribution in [3.8, 4) is 17.2 Å². The van der Waals surface area contributed by atoms with Gasteiger partial charge in [-0.2, -0.15) is 0 Å². The number of aryl methyl sites for hydroxylation is 2. The Morgan fingerprint density at radius 2 is 1.77 bits per heavy atom. The molecular formula is C24H26O7. The molecule has 0 saturated heterocycles. The van der Waals surface area contributed by atoms with E-state index >= 15 is 0 Å². The van der Waals surface area contributed by atoms with Crippen molar-refractivity contribution in [3.05, 3.63) is 64.0 Å². The van der Waals surface area contributed by atoms with Gasteiger partial charge in [-0.15, -0.1) is 0 Å². The fraction of sp³-hybridized carbons (Fsp3) is 0.333.